The molecule has 18 heavy (non-hydrogen) atoms. The van der Waals surface area contributed by atoms with E-state index in [-0.39, 0.29) is 51.4 Å². The van der Waals surface area contributed by atoms with Crippen LogP contribution in [0.3, 0.4) is 0 Å². The Bertz CT molecular complexity index is 470. The van der Waals surface area contributed by atoms with Crippen molar-refractivity contribution in [1.82, 2.24) is 0 Å². The second-order valence-corrected chi connectivity index (χ2v) is 4.62. The molecule has 0 atom stereocenters. The molecule has 0 fully saturated rings. The van der Waals surface area contributed by atoms with Gasteiger partial charge in [0.05, 0.1) is 0 Å². The molecule has 0 radical (unpaired) electrons. The quantitative estimate of drug-likeness (QED) is 0.420. The van der Waals surface area contributed by atoms with Gasteiger partial charge in [0.15, 0.2) is 0 Å². The normalized spacial score (nSPS) is 10.0. The van der Waals surface area contributed by atoms with Crippen LogP contribution in [-0.2, 0) is 0 Å². The Morgan fingerprint density at radius 2 is 0.833 bits per heavy atom. The third-order valence-electron chi connectivity index (χ3n) is 1.95. The fraction of sp³-hybridized carbons (Fsp3) is 0. The van der Waals surface area contributed by atoms with Crippen molar-refractivity contribution in [2.75, 3.05) is 0 Å². The summed E-state index contributed by atoms with van der Waals surface area (Å²) in [7, 11) is 0.343. The molecule has 0 aromatic heterocycles. The van der Waals surface area contributed by atoms with Gasteiger partial charge in [-0.3, -0.25) is 0 Å². The number of hydrogen-bond acceptors (Lipinski definition) is 0. The molecule has 0 nitrogen and oxygen atoms in total. The fourth-order valence-corrected chi connectivity index (χ4v) is 2.41. The summed E-state index contributed by atoms with van der Waals surface area (Å²) in [5, 5.41) is 0.597. The van der Waals surface area contributed by atoms with Crippen molar-refractivity contribution in [1.29, 1.82) is 0 Å². The molecule has 2 aromatic rings. The molecule has 6 heteroatoms. The summed E-state index contributed by atoms with van der Waals surface area (Å²) < 4.78 is 51.6. The van der Waals surface area contributed by atoms with E-state index in [1.54, 1.807) is 0 Å². The standard InChI is InChI=1S/C12H6F4P.K/c13-7-1-8(14)4-11(3-7)17-12-5-9(15)2-10(16)6-12;/h1-6H;/q-1;+1. The van der Waals surface area contributed by atoms with Crippen molar-refractivity contribution in [3.63, 3.8) is 0 Å². The molecular weight excluding hydrogens is 290 g/mol. The van der Waals surface area contributed by atoms with E-state index in [2.05, 4.69) is 0 Å². The first-order chi connectivity index (χ1) is 8.02. The maximum Gasteiger partial charge on any atom is 1.00 e. The minimum Gasteiger partial charge on any atom is -0.472 e. The van der Waals surface area contributed by atoms with Crippen LogP contribution in [0.25, 0.3) is 0 Å². The molecule has 2 rings (SSSR count). The molecule has 0 aliphatic heterocycles. The van der Waals surface area contributed by atoms with Crippen LogP contribution < -0.4 is 62.0 Å². The minimum atomic E-state index is -0.718. The zero-order valence-electron chi connectivity index (χ0n) is 9.42. The van der Waals surface area contributed by atoms with E-state index in [0.29, 0.717) is 19.2 Å². The molecule has 0 aliphatic carbocycles. The molecule has 0 spiro atoms. The summed E-state index contributed by atoms with van der Waals surface area (Å²) in [5.41, 5.74) is 0. The summed E-state index contributed by atoms with van der Waals surface area (Å²) in [4.78, 5) is 0. The third kappa shape index (κ3) is 4.72. The molecule has 0 aliphatic rings. The van der Waals surface area contributed by atoms with Crippen LogP contribution in [0.4, 0.5) is 17.6 Å². The zero-order chi connectivity index (χ0) is 12.4. The number of rotatable bonds is 2. The first-order valence-corrected chi connectivity index (χ1v) is 5.56. The summed E-state index contributed by atoms with van der Waals surface area (Å²) in [6.45, 7) is 0. The molecular formula is C12H6F4KP. The SMILES string of the molecule is Fc1cc(F)cc([P-]c2cc(F)cc(F)c2)c1.[K+]. The second kappa shape index (κ2) is 7.13. The van der Waals surface area contributed by atoms with Crippen molar-refractivity contribution in [2.24, 2.45) is 0 Å². The first-order valence-electron chi connectivity index (χ1n) is 4.67. The van der Waals surface area contributed by atoms with E-state index >= 15 is 0 Å². The molecule has 0 N–H and O–H groups in total. The molecule has 88 valence electrons. The molecule has 0 unspecified atom stereocenters. The molecule has 0 bridgehead atoms. The maximum absolute atomic E-state index is 12.9. The molecule has 0 amide bonds. The van der Waals surface area contributed by atoms with Crippen molar-refractivity contribution < 1.29 is 68.9 Å². The molecule has 0 saturated heterocycles. The number of halogens is 4. The summed E-state index contributed by atoms with van der Waals surface area (Å²) in [6.07, 6.45) is 0. The van der Waals surface area contributed by atoms with Gasteiger partial charge in [-0.15, -0.1) is 0 Å². The second-order valence-electron chi connectivity index (χ2n) is 3.37. The average molecular weight is 296 g/mol. The first kappa shape index (κ1) is 16.3. The van der Waals surface area contributed by atoms with Crippen LogP contribution >= 0.6 is 8.58 Å². The van der Waals surface area contributed by atoms with Crippen LogP contribution in [0.15, 0.2) is 36.4 Å². The fourth-order valence-electron chi connectivity index (χ4n) is 1.36. The number of benzene rings is 2. The summed E-state index contributed by atoms with van der Waals surface area (Å²) >= 11 is 0. The van der Waals surface area contributed by atoms with Crippen LogP contribution in [0.5, 0.6) is 0 Å². The van der Waals surface area contributed by atoms with Crippen molar-refractivity contribution in [3.05, 3.63) is 59.7 Å². The van der Waals surface area contributed by atoms with Crippen LogP contribution in [0, 0.1) is 23.3 Å². The Labute approximate surface area is 146 Å². The zero-order valence-corrected chi connectivity index (χ0v) is 13.4. The average Bonchev–Trinajstić information content (AvgIpc) is 2.13. The van der Waals surface area contributed by atoms with Crippen molar-refractivity contribution in [3.8, 4) is 0 Å². The van der Waals surface area contributed by atoms with Gasteiger partial charge in [-0.2, -0.15) is 10.6 Å². The van der Waals surface area contributed by atoms with Crippen molar-refractivity contribution >= 4 is 19.2 Å². The van der Waals surface area contributed by atoms with E-state index < -0.39 is 23.3 Å². The van der Waals surface area contributed by atoms with E-state index in [1.165, 1.54) is 0 Å². The Kier molecular flexibility index (Phi) is 6.45. The Morgan fingerprint density at radius 1 is 0.556 bits per heavy atom. The van der Waals surface area contributed by atoms with Gasteiger partial charge in [0, 0.05) is 12.1 Å². The Morgan fingerprint density at radius 3 is 1.11 bits per heavy atom. The van der Waals surface area contributed by atoms with Gasteiger partial charge in [0.1, 0.15) is 23.3 Å². The smallest absolute Gasteiger partial charge is 0.472 e. The van der Waals surface area contributed by atoms with Crippen molar-refractivity contribution in [2.45, 2.75) is 0 Å². The van der Waals surface area contributed by atoms with E-state index in [4.69, 9.17) is 0 Å². The maximum atomic E-state index is 12.9. The predicted octanol–water partition coefficient (Wildman–Crippen LogP) is 0.144. The topological polar surface area (TPSA) is 0 Å². The van der Waals surface area contributed by atoms with Gasteiger partial charge in [-0.25, -0.2) is 17.6 Å². The minimum absolute atomic E-state index is 0. The van der Waals surface area contributed by atoms with Gasteiger partial charge in [0.25, 0.3) is 0 Å². The number of hydrogen-bond donors (Lipinski definition) is 0. The Balaban J connectivity index is 0.00000162. The third-order valence-corrected chi connectivity index (χ3v) is 2.99. The van der Waals surface area contributed by atoms with E-state index in [0.717, 1.165) is 36.4 Å². The van der Waals surface area contributed by atoms with Gasteiger partial charge in [-0.1, -0.05) is 24.3 Å². The summed E-state index contributed by atoms with van der Waals surface area (Å²) in [6, 6.07) is 5.96. The summed E-state index contributed by atoms with van der Waals surface area (Å²) in [5.74, 6) is -2.87. The monoisotopic (exact) mass is 296 g/mol. The van der Waals surface area contributed by atoms with Gasteiger partial charge < -0.3 is 8.58 Å². The van der Waals surface area contributed by atoms with Gasteiger partial charge >= 0.3 is 51.4 Å². The molecule has 0 saturated carbocycles. The van der Waals surface area contributed by atoms with Crippen LogP contribution in [-0.4, -0.2) is 0 Å². The van der Waals surface area contributed by atoms with Crippen LogP contribution in [0.1, 0.15) is 0 Å². The largest absolute Gasteiger partial charge is 1.00 e. The molecule has 2 aromatic carbocycles. The van der Waals surface area contributed by atoms with E-state index in [1.807, 2.05) is 0 Å². The van der Waals surface area contributed by atoms with E-state index in [9.17, 15) is 17.6 Å². The molecule has 0 heterocycles. The predicted molar refractivity (Wildman–Crippen MR) is 58.9 cm³/mol. The van der Waals surface area contributed by atoms with Crippen LogP contribution in [0.2, 0.25) is 0 Å². The van der Waals surface area contributed by atoms with Gasteiger partial charge in [0.2, 0.25) is 0 Å². The van der Waals surface area contributed by atoms with Gasteiger partial charge in [-0.05, 0) is 0 Å². The Hall–Kier alpha value is 0.226.